The highest BCUT2D eigenvalue weighted by Gasteiger charge is 2.30. The second-order valence-electron chi connectivity index (χ2n) is 5.17. The van der Waals surface area contributed by atoms with E-state index in [0.717, 1.165) is 37.5 Å². The summed E-state index contributed by atoms with van der Waals surface area (Å²) in [5.74, 6) is 0.402. The minimum atomic E-state index is -3.36. The molecule has 1 aromatic rings. The number of sulfone groups is 1. The molecule has 1 fully saturated rings. The number of hydrogen-bond donors (Lipinski definition) is 2. The Bertz CT molecular complexity index is 561. The fraction of sp³-hybridized carbons (Fsp3) is 0.750. The van der Waals surface area contributed by atoms with Crippen molar-refractivity contribution in [2.45, 2.75) is 37.7 Å². The summed E-state index contributed by atoms with van der Waals surface area (Å²) in [6, 6.07) is 0. The molecule has 20 heavy (non-hydrogen) atoms. The van der Waals surface area contributed by atoms with Gasteiger partial charge in [0.1, 0.15) is 9.90 Å². The van der Waals surface area contributed by atoms with Crippen LogP contribution >= 0.6 is 11.5 Å². The highest BCUT2D eigenvalue weighted by Crippen LogP contribution is 2.37. The number of nitrogens with two attached hydrogens (primary N) is 1. The molecule has 0 spiro atoms. The van der Waals surface area contributed by atoms with Gasteiger partial charge in [0.05, 0.1) is 11.9 Å². The van der Waals surface area contributed by atoms with E-state index in [1.165, 1.54) is 0 Å². The maximum absolute atomic E-state index is 12.1. The minimum absolute atomic E-state index is 0.0206. The molecule has 1 aliphatic rings. The van der Waals surface area contributed by atoms with Crippen LogP contribution in [-0.2, 0) is 9.84 Å². The summed E-state index contributed by atoms with van der Waals surface area (Å²) >= 11 is 1.14. The monoisotopic (exact) mass is 319 g/mol. The number of aliphatic hydroxyl groups is 1. The van der Waals surface area contributed by atoms with Gasteiger partial charge < -0.3 is 15.7 Å². The number of hydrogen-bond acceptors (Lipinski definition) is 7. The molecule has 1 aliphatic heterocycles. The molecular formula is C12H21N3O3S2. The van der Waals surface area contributed by atoms with Crippen molar-refractivity contribution in [1.82, 2.24) is 4.37 Å². The van der Waals surface area contributed by atoms with Crippen molar-refractivity contribution in [2.24, 2.45) is 5.92 Å². The number of aromatic nitrogens is 1. The fourth-order valence-corrected chi connectivity index (χ4v) is 4.87. The Morgan fingerprint density at radius 1 is 1.50 bits per heavy atom. The molecule has 114 valence electrons. The SMILES string of the molecule is CCS(=O)(=O)c1c(N)nsc1N1CCC(C(C)O)CC1. The van der Waals surface area contributed by atoms with Crippen LogP contribution in [0.1, 0.15) is 26.7 Å². The number of nitrogen functional groups attached to an aromatic ring is 1. The smallest absolute Gasteiger partial charge is 0.184 e. The van der Waals surface area contributed by atoms with Gasteiger partial charge in [0.15, 0.2) is 15.7 Å². The van der Waals surface area contributed by atoms with Gasteiger partial charge in [0.2, 0.25) is 0 Å². The largest absolute Gasteiger partial charge is 0.393 e. The summed E-state index contributed by atoms with van der Waals surface area (Å²) in [5, 5.41) is 10.3. The lowest BCUT2D eigenvalue weighted by Gasteiger charge is -2.34. The Hall–Kier alpha value is -0.860. The molecule has 0 radical (unpaired) electrons. The lowest BCUT2D eigenvalue weighted by Crippen LogP contribution is -2.37. The van der Waals surface area contributed by atoms with Crippen molar-refractivity contribution >= 4 is 32.2 Å². The summed E-state index contributed by atoms with van der Waals surface area (Å²) in [5.41, 5.74) is 5.74. The Labute approximate surface area is 123 Å². The van der Waals surface area contributed by atoms with Gasteiger partial charge in [0, 0.05) is 13.1 Å². The molecule has 0 bridgehead atoms. The zero-order valence-corrected chi connectivity index (χ0v) is 13.4. The average molecular weight is 319 g/mol. The first kappa shape index (κ1) is 15.5. The molecule has 1 unspecified atom stereocenters. The molecule has 1 saturated heterocycles. The lowest BCUT2D eigenvalue weighted by molar-refractivity contribution is 0.110. The lowest BCUT2D eigenvalue weighted by atomic mass is 9.92. The molecular weight excluding hydrogens is 298 g/mol. The van der Waals surface area contributed by atoms with Crippen molar-refractivity contribution in [1.29, 1.82) is 0 Å². The van der Waals surface area contributed by atoms with Crippen LogP contribution < -0.4 is 10.6 Å². The van der Waals surface area contributed by atoms with E-state index in [-0.39, 0.29) is 28.5 Å². The third-order valence-corrected chi connectivity index (χ3v) is 6.69. The standard InChI is InChI=1S/C12H21N3O3S2/c1-3-20(17,18)10-11(13)14-19-12(10)15-6-4-9(5-7-15)8(2)16/h8-9,16H,3-7H2,1-2H3,(H2,13,14). The van der Waals surface area contributed by atoms with Crippen LogP contribution in [0.4, 0.5) is 10.8 Å². The number of nitrogens with zero attached hydrogens (tertiary/aromatic N) is 2. The van der Waals surface area contributed by atoms with Gasteiger partial charge in [-0.3, -0.25) is 0 Å². The maximum atomic E-state index is 12.1. The molecule has 0 saturated carbocycles. The van der Waals surface area contributed by atoms with E-state index in [1.54, 1.807) is 13.8 Å². The Balaban J connectivity index is 2.24. The van der Waals surface area contributed by atoms with Crippen LogP contribution in [0.25, 0.3) is 0 Å². The van der Waals surface area contributed by atoms with Crippen molar-refractivity contribution in [3.05, 3.63) is 0 Å². The predicted molar refractivity (Wildman–Crippen MR) is 80.9 cm³/mol. The molecule has 8 heteroatoms. The van der Waals surface area contributed by atoms with Gasteiger partial charge in [0.25, 0.3) is 0 Å². The van der Waals surface area contributed by atoms with Crippen molar-refractivity contribution in [3.63, 3.8) is 0 Å². The molecule has 2 heterocycles. The highest BCUT2D eigenvalue weighted by molar-refractivity contribution is 7.91. The van der Waals surface area contributed by atoms with Crippen LogP contribution in [0.2, 0.25) is 0 Å². The van der Waals surface area contributed by atoms with Gasteiger partial charge in [-0.1, -0.05) is 6.92 Å². The van der Waals surface area contributed by atoms with Crippen LogP contribution in [0.3, 0.4) is 0 Å². The molecule has 0 aliphatic carbocycles. The minimum Gasteiger partial charge on any atom is -0.393 e. The number of rotatable bonds is 4. The summed E-state index contributed by atoms with van der Waals surface area (Å²) in [6.07, 6.45) is 1.38. The third-order valence-electron chi connectivity index (χ3n) is 3.86. The van der Waals surface area contributed by atoms with Gasteiger partial charge in [-0.2, -0.15) is 4.37 Å². The van der Waals surface area contributed by atoms with Crippen LogP contribution in [0.15, 0.2) is 4.90 Å². The molecule has 6 nitrogen and oxygen atoms in total. The number of piperidine rings is 1. The molecule has 0 amide bonds. The van der Waals surface area contributed by atoms with E-state index in [9.17, 15) is 13.5 Å². The first-order chi connectivity index (χ1) is 9.36. The molecule has 1 aromatic heterocycles. The predicted octanol–water partition coefficient (Wildman–Crippen LogP) is 1.12. The quantitative estimate of drug-likeness (QED) is 0.863. The van der Waals surface area contributed by atoms with Gasteiger partial charge in [-0.15, -0.1) is 0 Å². The molecule has 2 rings (SSSR count). The Morgan fingerprint density at radius 3 is 2.60 bits per heavy atom. The highest BCUT2D eigenvalue weighted by atomic mass is 32.2. The molecule has 3 N–H and O–H groups in total. The Kier molecular flexibility index (Phi) is 4.55. The zero-order valence-electron chi connectivity index (χ0n) is 11.7. The van der Waals surface area contributed by atoms with E-state index in [1.807, 2.05) is 4.90 Å². The second kappa shape index (κ2) is 5.87. The first-order valence-corrected chi connectivity index (χ1v) is 9.20. The number of anilines is 2. The number of aliphatic hydroxyl groups excluding tert-OH is 1. The summed E-state index contributed by atoms with van der Waals surface area (Å²) in [4.78, 5) is 2.20. The van der Waals surface area contributed by atoms with E-state index < -0.39 is 9.84 Å². The third kappa shape index (κ3) is 2.91. The topological polar surface area (TPSA) is 96.5 Å². The van der Waals surface area contributed by atoms with E-state index in [2.05, 4.69) is 4.37 Å². The van der Waals surface area contributed by atoms with Crippen LogP contribution in [-0.4, -0.2) is 42.8 Å². The second-order valence-corrected chi connectivity index (χ2v) is 8.14. The summed E-state index contributed by atoms with van der Waals surface area (Å²) in [6.45, 7) is 4.86. The molecule has 0 aromatic carbocycles. The van der Waals surface area contributed by atoms with Gasteiger partial charge in [-0.05, 0) is 37.2 Å². The zero-order chi connectivity index (χ0) is 14.9. The molecule has 1 atom stereocenters. The summed E-state index contributed by atoms with van der Waals surface area (Å²) in [7, 11) is -3.36. The van der Waals surface area contributed by atoms with E-state index in [4.69, 9.17) is 5.73 Å². The maximum Gasteiger partial charge on any atom is 0.184 e. The Morgan fingerprint density at radius 2 is 2.10 bits per heavy atom. The van der Waals surface area contributed by atoms with Crippen molar-refractivity contribution < 1.29 is 13.5 Å². The van der Waals surface area contributed by atoms with Gasteiger partial charge >= 0.3 is 0 Å². The van der Waals surface area contributed by atoms with E-state index in [0.29, 0.717) is 5.00 Å². The first-order valence-electron chi connectivity index (χ1n) is 6.77. The summed E-state index contributed by atoms with van der Waals surface area (Å²) < 4.78 is 28.3. The van der Waals surface area contributed by atoms with Crippen molar-refractivity contribution in [2.75, 3.05) is 29.5 Å². The van der Waals surface area contributed by atoms with Gasteiger partial charge in [-0.25, -0.2) is 8.42 Å². The van der Waals surface area contributed by atoms with Crippen LogP contribution in [0.5, 0.6) is 0 Å². The fourth-order valence-electron chi connectivity index (χ4n) is 2.51. The van der Waals surface area contributed by atoms with Crippen LogP contribution in [0, 0.1) is 5.92 Å². The van der Waals surface area contributed by atoms with Crippen molar-refractivity contribution in [3.8, 4) is 0 Å². The van der Waals surface area contributed by atoms with E-state index >= 15 is 0 Å². The normalized spacial score (nSPS) is 19.2. The average Bonchev–Trinajstić information content (AvgIpc) is 2.81.